The number of imide groups is 1. The van der Waals surface area contributed by atoms with Crippen molar-refractivity contribution in [2.75, 3.05) is 26.6 Å². The Labute approximate surface area is 165 Å². The predicted octanol–water partition coefficient (Wildman–Crippen LogP) is 2.80. The first-order valence-corrected chi connectivity index (χ1v) is 8.91. The second-order valence-electron chi connectivity index (χ2n) is 7.25. The molecule has 1 aliphatic rings. The normalized spacial score (nSPS) is 17.8. The first-order chi connectivity index (χ1) is 13.2. The molecular formula is C20H28N2O6. The molecule has 0 unspecified atom stereocenters. The van der Waals surface area contributed by atoms with Crippen molar-refractivity contribution in [3.05, 3.63) is 36.4 Å². The summed E-state index contributed by atoms with van der Waals surface area (Å²) in [5.41, 5.74) is -0.0659. The van der Waals surface area contributed by atoms with Gasteiger partial charge in [0.25, 0.3) is 5.91 Å². The van der Waals surface area contributed by atoms with Gasteiger partial charge in [0.15, 0.2) is 6.29 Å². The molecule has 154 valence electrons. The van der Waals surface area contributed by atoms with E-state index in [-0.39, 0.29) is 0 Å². The maximum Gasteiger partial charge on any atom is 0.417 e. The van der Waals surface area contributed by atoms with E-state index in [0.29, 0.717) is 11.4 Å². The lowest BCUT2D eigenvalue weighted by atomic mass is 10.1. The van der Waals surface area contributed by atoms with Crippen molar-refractivity contribution in [2.45, 2.75) is 44.7 Å². The quantitative estimate of drug-likeness (QED) is 0.714. The van der Waals surface area contributed by atoms with Gasteiger partial charge in [0, 0.05) is 20.3 Å². The summed E-state index contributed by atoms with van der Waals surface area (Å²) in [6.07, 6.45) is 1.49. The van der Waals surface area contributed by atoms with Gasteiger partial charge in [-0.05, 0) is 32.9 Å². The number of carbonyl (C=O) groups excluding carboxylic acids is 2. The summed E-state index contributed by atoms with van der Waals surface area (Å²) in [5.74, 6) is 0.146. The minimum absolute atomic E-state index is 0.461. The topological polar surface area (TPSA) is 86.3 Å². The molecule has 0 spiro atoms. The Morgan fingerprint density at radius 2 is 1.79 bits per heavy atom. The molecule has 1 aromatic carbocycles. The number of carbonyl (C=O) groups is 2. The number of amides is 2. The SMILES string of the molecule is COc1ccccc1N[C@H](C(OC)OC)[C@@H]1C=CC(=O)N1C(=O)OC(C)(C)C. The zero-order valence-corrected chi connectivity index (χ0v) is 17.1. The Bertz CT molecular complexity index is 724. The highest BCUT2D eigenvalue weighted by Gasteiger charge is 2.42. The van der Waals surface area contributed by atoms with Crippen molar-refractivity contribution in [1.82, 2.24) is 4.90 Å². The van der Waals surface area contributed by atoms with Gasteiger partial charge in [-0.1, -0.05) is 18.2 Å². The number of hydrogen-bond acceptors (Lipinski definition) is 7. The molecule has 1 aromatic rings. The molecule has 0 saturated heterocycles. The number of hydrogen-bond donors (Lipinski definition) is 1. The van der Waals surface area contributed by atoms with E-state index in [4.69, 9.17) is 18.9 Å². The number of nitrogens with one attached hydrogen (secondary N) is 1. The van der Waals surface area contributed by atoms with Crippen LogP contribution in [0.5, 0.6) is 5.75 Å². The monoisotopic (exact) mass is 392 g/mol. The van der Waals surface area contributed by atoms with Gasteiger partial charge in [0.1, 0.15) is 17.4 Å². The van der Waals surface area contributed by atoms with Gasteiger partial charge in [-0.25, -0.2) is 9.69 Å². The molecule has 1 N–H and O–H groups in total. The van der Waals surface area contributed by atoms with Crippen LogP contribution in [-0.2, 0) is 19.0 Å². The molecule has 8 nitrogen and oxygen atoms in total. The number of methoxy groups -OCH3 is 3. The highest BCUT2D eigenvalue weighted by atomic mass is 16.7. The van der Waals surface area contributed by atoms with Crippen LogP contribution in [0.2, 0.25) is 0 Å². The highest BCUT2D eigenvalue weighted by Crippen LogP contribution is 2.29. The Morgan fingerprint density at radius 1 is 1.14 bits per heavy atom. The molecule has 0 fully saturated rings. The van der Waals surface area contributed by atoms with Gasteiger partial charge in [0.05, 0.1) is 18.8 Å². The molecule has 28 heavy (non-hydrogen) atoms. The molecule has 0 radical (unpaired) electrons. The summed E-state index contributed by atoms with van der Waals surface area (Å²) in [7, 11) is 4.54. The van der Waals surface area contributed by atoms with Crippen molar-refractivity contribution in [2.24, 2.45) is 0 Å². The average Bonchev–Trinajstić information content (AvgIpc) is 3.02. The molecule has 8 heteroatoms. The zero-order valence-electron chi connectivity index (χ0n) is 17.1. The summed E-state index contributed by atoms with van der Waals surface area (Å²) >= 11 is 0. The summed E-state index contributed by atoms with van der Waals surface area (Å²) in [4.78, 5) is 26.1. The van der Waals surface area contributed by atoms with Crippen LogP contribution in [0.4, 0.5) is 10.5 Å². The highest BCUT2D eigenvalue weighted by molar-refractivity contribution is 6.01. The molecule has 1 heterocycles. The lowest BCUT2D eigenvalue weighted by Crippen LogP contribution is -2.54. The molecule has 1 aliphatic heterocycles. The van der Waals surface area contributed by atoms with Crippen molar-refractivity contribution in [3.63, 3.8) is 0 Å². The molecule has 2 atom stereocenters. The third-order valence-electron chi connectivity index (χ3n) is 4.12. The first-order valence-electron chi connectivity index (χ1n) is 8.91. The van der Waals surface area contributed by atoms with E-state index in [0.717, 1.165) is 4.90 Å². The summed E-state index contributed by atoms with van der Waals surface area (Å²) in [6, 6.07) is 6.02. The van der Waals surface area contributed by atoms with Crippen molar-refractivity contribution in [1.29, 1.82) is 0 Å². The number of para-hydroxylation sites is 2. The fourth-order valence-corrected chi connectivity index (χ4v) is 2.94. The molecule has 0 saturated carbocycles. The van der Waals surface area contributed by atoms with Gasteiger partial charge in [0.2, 0.25) is 0 Å². The van der Waals surface area contributed by atoms with Gasteiger partial charge >= 0.3 is 6.09 Å². The maximum absolute atomic E-state index is 12.7. The molecule has 2 amide bonds. The minimum Gasteiger partial charge on any atom is -0.495 e. The Balaban J connectivity index is 2.37. The van der Waals surface area contributed by atoms with Crippen molar-refractivity contribution < 1.29 is 28.5 Å². The van der Waals surface area contributed by atoms with Crippen molar-refractivity contribution >= 4 is 17.7 Å². The Kier molecular flexibility index (Phi) is 7.04. The zero-order chi connectivity index (χ0) is 20.9. The molecule has 2 rings (SSSR count). The molecule has 0 bridgehead atoms. The Hall–Kier alpha value is -2.58. The number of anilines is 1. The molecule has 0 aromatic heterocycles. The van der Waals surface area contributed by atoms with Gasteiger partial charge in [-0.15, -0.1) is 0 Å². The van der Waals surface area contributed by atoms with Crippen LogP contribution in [-0.4, -0.2) is 62.2 Å². The third-order valence-corrected chi connectivity index (χ3v) is 4.12. The van der Waals surface area contributed by atoms with Crippen LogP contribution in [0.1, 0.15) is 20.8 Å². The summed E-state index contributed by atoms with van der Waals surface area (Å²) < 4.78 is 21.7. The van der Waals surface area contributed by atoms with E-state index in [1.54, 1.807) is 40.0 Å². The fraction of sp³-hybridized carbons (Fsp3) is 0.500. The van der Waals surface area contributed by atoms with E-state index < -0.39 is 36.0 Å². The second kappa shape index (κ2) is 9.07. The lowest BCUT2D eigenvalue weighted by Gasteiger charge is -2.35. The molecular weight excluding hydrogens is 364 g/mol. The number of rotatable bonds is 7. The number of benzene rings is 1. The lowest BCUT2D eigenvalue weighted by molar-refractivity contribution is -0.133. The minimum atomic E-state index is -0.754. The summed E-state index contributed by atoms with van der Waals surface area (Å²) in [5, 5.41) is 3.28. The third kappa shape index (κ3) is 5.02. The van der Waals surface area contributed by atoms with E-state index in [9.17, 15) is 9.59 Å². The van der Waals surface area contributed by atoms with Crippen LogP contribution in [0.3, 0.4) is 0 Å². The van der Waals surface area contributed by atoms with E-state index in [1.165, 1.54) is 20.3 Å². The smallest absolute Gasteiger partial charge is 0.417 e. The van der Waals surface area contributed by atoms with Gasteiger partial charge < -0.3 is 24.3 Å². The standard InChI is InChI=1S/C20H28N2O6/c1-20(2,3)28-19(24)22-14(11-12-16(22)23)17(18(26-5)27-6)21-13-9-7-8-10-15(13)25-4/h7-12,14,17-18,21H,1-6H3/t14-,17-/m0/s1. The van der Waals surface area contributed by atoms with E-state index in [2.05, 4.69) is 5.32 Å². The van der Waals surface area contributed by atoms with Crippen molar-refractivity contribution in [3.8, 4) is 5.75 Å². The van der Waals surface area contributed by atoms with Crippen LogP contribution >= 0.6 is 0 Å². The Morgan fingerprint density at radius 3 is 2.36 bits per heavy atom. The van der Waals surface area contributed by atoms with Crippen LogP contribution < -0.4 is 10.1 Å². The largest absolute Gasteiger partial charge is 0.495 e. The number of nitrogens with zero attached hydrogens (tertiary/aromatic N) is 1. The first kappa shape index (κ1) is 21.7. The van der Waals surface area contributed by atoms with Gasteiger partial charge in [-0.2, -0.15) is 0 Å². The summed E-state index contributed by atoms with van der Waals surface area (Å²) in [6.45, 7) is 5.22. The maximum atomic E-state index is 12.7. The van der Waals surface area contributed by atoms with Crippen LogP contribution in [0.25, 0.3) is 0 Å². The second-order valence-corrected chi connectivity index (χ2v) is 7.25. The fourth-order valence-electron chi connectivity index (χ4n) is 2.94. The van der Waals surface area contributed by atoms with E-state index >= 15 is 0 Å². The average molecular weight is 392 g/mol. The predicted molar refractivity (Wildman–Crippen MR) is 104 cm³/mol. The number of ether oxygens (including phenoxy) is 4. The van der Waals surface area contributed by atoms with E-state index in [1.807, 2.05) is 18.2 Å². The van der Waals surface area contributed by atoms with Crippen LogP contribution in [0.15, 0.2) is 36.4 Å². The van der Waals surface area contributed by atoms with Crippen LogP contribution in [0, 0.1) is 0 Å². The molecule has 0 aliphatic carbocycles. The van der Waals surface area contributed by atoms with Gasteiger partial charge in [-0.3, -0.25) is 4.79 Å².